The fourth-order valence-electron chi connectivity index (χ4n) is 2.86. The van der Waals surface area contributed by atoms with E-state index in [-0.39, 0.29) is 5.63 Å². The van der Waals surface area contributed by atoms with E-state index in [0.717, 1.165) is 26.5 Å². The van der Waals surface area contributed by atoms with Crippen molar-refractivity contribution in [1.29, 1.82) is 0 Å². The lowest BCUT2D eigenvalue weighted by Crippen LogP contribution is -2.02. The Morgan fingerprint density at radius 1 is 1.14 bits per heavy atom. The van der Waals surface area contributed by atoms with Crippen LogP contribution in [0.2, 0.25) is 0 Å². The molecule has 4 rings (SSSR count). The van der Waals surface area contributed by atoms with E-state index in [2.05, 4.69) is 29.8 Å². The maximum absolute atomic E-state index is 12.6. The highest BCUT2D eigenvalue weighted by Gasteiger charge is 2.16. The fourth-order valence-corrected chi connectivity index (χ4v) is 4.07. The van der Waals surface area contributed by atoms with Crippen LogP contribution in [-0.2, 0) is 0 Å². The van der Waals surface area contributed by atoms with Crippen molar-refractivity contribution in [1.82, 2.24) is 9.55 Å². The van der Waals surface area contributed by atoms with E-state index in [9.17, 15) is 4.79 Å². The summed E-state index contributed by atoms with van der Waals surface area (Å²) in [5, 5.41) is 1.74. The van der Waals surface area contributed by atoms with Gasteiger partial charge in [-0.3, -0.25) is 4.57 Å². The Labute approximate surface area is 175 Å². The van der Waals surface area contributed by atoms with E-state index in [1.165, 1.54) is 0 Å². The summed E-state index contributed by atoms with van der Waals surface area (Å²) in [6, 6.07) is 17.4. The SMILES string of the molecule is CC(C)CSc1nc(-c2cc3ccccc3oc2=O)cn1-c1ccc(Br)cc1. The maximum atomic E-state index is 12.6. The van der Waals surface area contributed by atoms with Gasteiger partial charge in [0.1, 0.15) is 5.58 Å². The highest BCUT2D eigenvalue weighted by molar-refractivity contribution is 9.10. The summed E-state index contributed by atoms with van der Waals surface area (Å²) in [6.07, 6.45) is 1.91. The van der Waals surface area contributed by atoms with Crippen LogP contribution >= 0.6 is 27.7 Å². The number of rotatable bonds is 5. The lowest BCUT2D eigenvalue weighted by Gasteiger charge is -2.08. The van der Waals surface area contributed by atoms with E-state index in [0.29, 0.717) is 22.8 Å². The van der Waals surface area contributed by atoms with Crippen molar-refractivity contribution in [2.75, 3.05) is 5.75 Å². The largest absolute Gasteiger partial charge is 0.422 e. The zero-order valence-corrected chi connectivity index (χ0v) is 18.0. The molecular weight excluding hydrogens is 436 g/mol. The van der Waals surface area contributed by atoms with Crippen molar-refractivity contribution in [3.63, 3.8) is 0 Å². The van der Waals surface area contributed by atoms with Gasteiger partial charge in [-0.05, 0) is 42.3 Å². The summed E-state index contributed by atoms with van der Waals surface area (Å²) in [4.78, 5) is 17.3. The lowest BCUT2D eigenvalue weighted by atomic mass is 10.1. The van der Waals surface area contributed by atoms with Crippen molar-refractivity contribution in [2.45, 2.75) is 19.0 Å². The van der Waals surface area contributed by atoms with Crippen LogP contribution in [0.5, 0.6) is 0 Å². The second kappa shape index (κ2) is 7.97. The molecule has 0 saturated carbocycles. The van der Waals surface area contributed by atoms with Crippen molar-refractivity contribution in [2.24, 2.45) is 5.92 Å². The van der Waals surface area contributed by atoms with E-state index in [1.54, 1.807) is 17.8 Å². The van der Waals surface area contributed by atoms with Crippen molar-refractivity contribution >= 4 is 38.7 Å². The van der Waals surface area contributed by atoms with Gasteiger partial charge < -0.3 is 4.42 Å². The monoisotopic (exact) mass is 454 g/mol. The molecule has 0 saturated heterocycles. The molecule has 4 nitrogen and oxygen atoms in total. The molecule has 0 amide bonds. The molecule has 0 aliphatic heterocycles. The van der Waals surface area contributed by atoms with Gasteiger partial charge in [0.25, 0.3) is 0 Å². The van der Waals surface area contributed by atoms with Gasteiger partial charge in [0.2, 0.25) is 0 Å². The van der Waals surface area contributed by atoms with Crippen molar-refractivity contribution in [3.05, 3.63) is 75.7 Å². The molecule has 0 bridgehead atoms. The molecule has 28 heavy (non-hydrogen) atoms. The zero-order valence-electron chi connectivity index (χ0n) is 15.6. The number of hydrogen-bond donors (Lipinski definition) is 0. The summed E-state index contributed by atoms with van der Waals surface area (Å²) < 4.78 is 8.55. The average Bonchev–Trinajstić information content (AvgIpc) is 3.10. The minimum absolute atomic E-state index is 0.375. The number of fused-ring (bicyclic) bond motifs is 1. The summed E-state index contributed by atoms with van der Waals surface area (Å²) in [6.45, 7) is 4.36. The van der Waals surface area contributed by atoms with Gasteiger partial charge in [-0.1, -0.05) is 59.7 Å². The second-order valence-electron chi connectivity index (χ2n) is 6.95. The molecule has 2 aromatic heterocycles. The molecule has 0 aliphatic rings. The summed E-state index contributed by atoms with van der Waals surface area (Å²) in [5.41, 5.74) is 2.30. The lowest BCUT2D eigenvalue weighted by molar-refractivity contribution is 0.563. The Morgan fingerprint density at radius 2 is 1.89 bits per heavy atom. The molecular formula is C22H19BrN2O2S. The molecule has 0 unspecified atom stereocenters. The Bertz CT molecular complexity index is 1180. The van der Waals surface area contributed by atoms with E-state index in [1.807, 2.05) is 59.3 Å². The summed E-state index contributed by atoms with van der Waals surface area (Å²) in [7, 11) is 0. The molecule has 0 aliphatic carbocycles. The topological polar surface area (TPSA) is 48.0 Å². The number of hydrogen-bond acceptors (Lipinski definition) is 4. The molecule has 2 aromatic carbocycles. The Kier molecular flexibility index (Phi) is 5.42. The number of aromatic nitrogens is 2. The third-order valence-electron chi connectivity index (χ3n) is 4.24. The molecule has 0 fully saturated rings. The van der Waals surface area contributed by atoms with Gasteiger partial charge in [-0.25, -0.2) is 9.78 Å². The quantitative estimate of drug-likeness (QED) is 0.267. The molecule has 2 heterocycles. The first kappa shape index (κ1) is 19.0. The van der Waals surface area contributed by atoms with Crippen molar-refractivity contribution < 1.29 is 4.42 Å². The van der Waals surface area contributed by atoms with Gasteiger partial charge >= 0.3 is 5.63 Å². The first-order valence-corrected chi connectivity index (χ1v) is 10.8. The van der Waals surface area contributed by atoms with E-state index in [4.69, 9.17) is 9.40 Å². The van der Waals surface area contributed by atoms with Crippen LogP contribution in [-0.4, -0.2) is 15.3 Å². The first-order chi connectivity index (χ1) is 13.5. The number of nitrogens with zero attached hydrogens (tertiary/aromatic N) is 2. The van der Waals surface area contributed by atoms with Crippen LogP contribution in [0.15, 0.2) is 79.6 Å². The number of halogens is 1. The van der Waals surface area contributed by atoms with Crippen LogP contribution in [0, 0.1) is 5.92 Å². The van der Waals surface area contributed by atoms with Gasteiger partial charge in [-0.15, -0.1) is 0 Å². The Hall–Kier alpha value is -2.31. The van der Waals surface area contributed by atoms with Gasteiger partial charge in [0, 0.05) is 27.5 Å². The third-order valence-corrected chi connectivity index (χ3v) is 6.15. The number of imidazole rings is 1. The predicted octanol–water partition coefficient (Wildman–Crippen LogP) is 6.16. The molecule has 6 heteroatoms. The molecule has 0 spiro atoms. The van der Waals surface area contributed by atoms with Gasteiger partial charge in [-0.2, -0.15) is 0 Å². The molecule has 0 N–H and O–H groups in total. The first-order valence-electron chi connectivity index (χ1n) is 9.02. The minimum Gasteiger partial charge on any atom is -0.422 e. The molecule has 0 atom stereocenters. The van der Waals surface area contributed by atoms with Crippen LogP contribution in [0.1, 0.15) is 13.8 Å². The average molecular weight is 455 g/mol. The standard InChI is InChI=1S/C22H19BrN2O2S/c1-14(2)13-28-22-24-19(12-25(22)17-9-7-16(23)8-10-17)18-11-15-5-3-4-6-20(15)27-21(18)26/h3-12,14H,13H2,1-2H3. The van der Waals surface area contributed by atoms with Crippen LogP contribution in [0.25, 0.3) is 27.9 Å². The Morgan fingerprint density at radius 3 is 2.64 bits per heavy atom. The summed E-state index contributed by atoms with van der Waals surface area (Å²) in [5.74, 6) is 1.48. The molecule has 142 valence electrons. The number of thioether (sulfide) groups is 1. The van der Waals surface area contributed by atoms with Crippen LogP contribution in [0.3, 0.4) is 0 Å². The highest BCUT2D eigenvalue weighted by atomic mass is 79.9. The van der Waals surface area contributed by atoms with Crippen molar-refractivity contribution in [3.8, 4) is 16.9 Å². The fraction of sp³-hybridized carbons (Fsp3) is 0.182. The normalized spacial score (nSPS) is 11.4. The highest BCUT2D eigenvalue weighted by Crippen LogP contribution is 2.29. The zero-order chi connectivity index (χ0) is 19.7. The smallest absolute Gasteiger partial charge is 0.345 e. The van der Waals surface area contributed by atoms with Crippen LogP contribution < -0.4 is 5.63 Å². The maximum Gasteiger partial charge on any atom is 0.345 e. The number of benzene rings is 2. The molecule has 0 radical (unpaired) electrons. The Balaban J connectivity index is 1.84. The van der Waals surface area contributed by atoms with E-state index < -0.39 is 0 Å². The molecule has 4 aromatic rings. The number of para-hydroxylation sites is 1. The van der Waals surface area contributed by atoms with Crippen LogP contribution in [0.4, 0.5) is 0 Å². The van der Waals surface area contributed by atoms with Gasteiger partial charge in [0.05, 0.1) is 11.3 Å². The minimum atomic E-state index is -0.375. The van der Waals surface area contributed by atoms with E-state index >= 15 is 0 Å². The van der Waals surface area contributed by atoms with Gasteiger partial charge in [0.15, 0.2) is 5.16 Å². The second-order valence-corrected chi connectivity index (χ2v) is 8.85. The predicted molar refractivity (Wildman–Crippen MR) is 118 cm³/mol. The third kappa shape index (κ3) is 3.93. The summed E-state index contributed by atoms with van der Waals surface area (Å²) >= 11 is 5.16.